The van der Waals surface area contributed by atoms with Crippen molar-refractivity contribution in [2.24, 2.45) is 0 Å². The standard InChI is InChI=1S/C20H25NO3S2/c1-15(26-17-9-10-18(23-2)19(13-17)24-3)20(22)21-11-12-25-14-16-7-5-4-6-8-16/h4-10,13,15H,11-12,14H2,1-3H3,(H,21,22). The van der Waals surface area contributed by atoms with Crippen LogP contribution in [0.15, 0.2) is 53.4 Å². The number of ether oxygens (including phenoxy) is 2. The van der Waals surface area contributed by atoms with Crippen LogP contribution in [0.4, 0.5) is 0 Å². The van der Waals surface area contributed by atoms with E-state index in [1.165, 1.54) is 17.3 Å². The summed E-state index contributed by atoms with van der Waals surface area (Å²) in [6.45, 7) is 2.58. The highest BCUT2D eigenvalue weighted by Gasteiger charge is 2.15. The summed E-state index contributed by atoms with van der Waals surface area (Å²) in [6.07, 6.45) is 0. The molecular weight excluding hydrogens is 366 g/mol. The summed E-state index contributed by atoms with van der Waals surface area (Å²) in [4.78, 5) is 13.2. The first-order valence-corrected chi connectivity index (χ1v) is 10.5. The minimum absolute atomic E-state index is 0.0464. The normalized spacial score (nSPS) is 11.7. The molecule has 0 bridgehead atoms. The van der Waals surface area contributed by atoms with Crippen LogP contribution in [0.5, 0.6) is 11.5 Å². The van der Waals surface area contributed by atoms with Gasteiger partial charge in [0.25, 0.3) is 0 Å². The number of carbonyl (C=O) groups is 1. The Labute approximate surface area is 164 Å². The van der Waals surface area contributed by atoms with Crippen molar-refractivity contribution in [1.29, 1.82) is 0 Å². The van der Waals surface area contributed by atoms with Gasteiger partial charge in [0.2, 0.25) is 5.91 Å². The molecule has 26 heavy (non-hydrogen) atoms. The van der Waals surface area contributed by atoms with Gasteiger partial charge < -0.3 is 14.8 Å². The second kappa shape index (κ2) is 11.0. The minimum atomic E-state index is -0.174. The Balaban J connectivity index is 1.72. The van der Waals surface area contributed by atoms with Gasteiger partial charge in [-0.2, -0.15) is 11.8 Å². The number of rotatable bonds is 10. The fourth-order valence-corrected chi connectivity index (χ4v) is 4.04. The van der Waals surface area contributed by atoms with E-state index in [0.717, 1.165) is 16.4 Å². The van der Waals surface area contributed by atoms with Gasteiger partial charge in [-0.1, -0.05) is 30.3 Å². The molecule has 6 heteroatoms. The Hall–Kier alpha value is -1.79. The van der Waals surface area contributed by atoms with Gasteiger partial charge >= 0.3 is 0 Å². The van der Waals surface area contributed by atoms with Crippen LogP contribution < -0.4 is 14.8 Å². The molecule has 0 radical (unpaired) electrons. The lowest BCUT2D eigenvalue weighted by Gasteiger charge is -2.14. The molecule has 4 nitrogen and oxygen atoms in total. The van der Waals surface area contributed by atoms with E-state index in [-0.39, 0.29) is 11.2 Å². The molecule has 0 aliphatic heterocycles. The van der Waals surface area contributed by atoms with Crippen LogP contribution >= 0.6 is 23.5 Å². The molecule has 0 spiro atoms. The summed E-state index contributed by atoms with van der Waals surface area (Å²) < 4.78 is 10.5. The summed E-state index contributed by atoms with van der Waals surface area (Å²) in [7, 11) is 3.21. The van der Waals surface area contributed by atoms with Gasteiger partial charge in [0.05, 0.1) is 19.5 Å². The van der Waals surface area contributed by atoms with Gasteiger partial charge in [-0.15, -0.1) is 11.8 Å². The van der Waals surface area contributed by atoms with Crippen molar-refractivity contribution in [2.45, 2.75) is 22.8 Å². The second-order valence-corrected chi connectivity index (χ2v) is 8.13. The van der Waals surface area contributed by atoms with E-state index in [1.54, 1.807) is 14.2 Å². The first kappa shape index (κ1) is 20.5. The highest BCUT2D eigenvalue weighted by Crippen LogP contribution is 2.33. The maximum absolute atomic E-state index is 12.3. The van der Waals surface area contributed by atoms with Gasteiger partial charge in [-0.05, 0) is 30.7 Å². The summed E-state index contributed by atoms with van der Waals surface area (Å²) >= 11 is 3.33. The summed E-state index contributed by atoms with van der Waals surface area (Å²) in [5.74, 6) is 3.26. The molecule has 1 N–H and O–H groups in total. The number of methoxy groups -OCH3 is 2. The van der Waals surface area contributed by atoms with E-state index >= 15 is 0 Å². The molecule has 0 aromatic heterocycles. The lowest BCUT2D eigenvalue weighted by Crippen LogP contribution is -2.32. The fourth-order valence-electron chi connectivity index (χ4n) is 2.30. The monoisotopic (exact) mass is 391 g/mol. The average molecular weight is 392 g/mol. The van der Waals surface area contributed by atoms with Crippen molar-refractivity contribution in [3.8, 4) is 11.5 Å². The number of amides is 1. The van der Waals surface area contributed by atoms with Crippen LogP contribution in [-0.4, -0.2) is 37.7 Å². The maximum Gasteiger partial charge on any atom is 0.233 e. The van der Waals surface area contributed by atoms with Crippen LogP contribution in [-0.2, 0) is 10.5 Å². The number of hydrogen-bond donors (Lipinski definition) is 1. The molecule has 0 saturated carbocycles. The van der Waals surface area contributed by atoms with E-state index in [9.17, 15) is 4.79 Å². The Morgan fingerprint density at radius 1 is 1.08 bits per heavy atom. The van der Waals surface area contributed by atoms with Crippen LogP contribution in [0.2, 0.25) is 0 Å². The number of thioether (sulfide) groups is 2. The van der Waals surface area contributed by atoms with Gasteiger partial charge in [0.15, 0.2) is 11.5 Å². The predicted molar refractivity (Wildman–Crippen MR) is 110 cm³/mol. The molecule has 0 fully saturated rings. The first-order chi connectivity index (χ1) is 12.6. The molecule has 1 amide bonds. The zero-order valence-corrected chi connectivity index (χ0v) is 17.0. The van der Waals surface area contributed by atoms with Crippen LogP contribution in [0.25, 0.3) is 0 Å². The van der Waals surface area contributed by atoms with E-state index in [2.05, 4.69) is 17.4 Å². The smallest absolute Gasteiger partial charge is 0.233 e. The Morgan fingerprint density at radius 3 is 2.50 bits per heavy atom. The van der Waals surface area contributed by atoms with Crippen molar-refractivity contribution in [1.82, 2.24) is 5.32 Å². The van der Waals surface area contributed by atoms with Gasteiger partial charge in [-0.3, -0.25) is 4.79 Å². The quantitative estimate of drug-likeness (QED) is 0.485. The SMILES string of the molecule is COc1ccc(SC(C)C(=O)NCCSCc2ccccc2)cc1OC. The molecule has 0 aliphatic rings. The first-order valence-electron chi connectivity index (χ1n) is 8.42. The molecule has 1 unspecified atom stereocenters. The highest BCUT2D eigenvalue weighted by molar-refractivity contribution is 8.00. The maximum atomic E-state index is 12.3. The molecule has 1 atom stereocenters. The number of carbonyl (C=O) groups excluding carboxylic acids is 1. The molecule has 2 aromatic rings. The van der Waals surface area contributed by atoms with Crippen molar-refractivity contribution < 1.29 is 14.3 Å². The number of hydrogen-bond acceptors (Lipinski definition) is 5. The molecule has 0 saturated heterocycles. The fraction of sp³-hybridized carbons (Fsp3) is 0.350. The molecule has 2 aromatic carbocycles. The second-order valence-electron chi connectivity index (χ2n) is 5.61. The Kier molecular flexibility index (Phi) is 8.71. The van der Waals surface area contributed by atoms with Crippen molar-refractivity contribution in [2.75, 3.05) is 26.5 Å². The molecular formula is C20H25NO3S2. The van der Waals surface area contributed by atoms with Crippen molar-refractivity contribution in [3.05, 3.63) is 54.1 Å². The largest absolute Gasteiger partial charge is 0.493 e. The molecule has 140 valence electrons. The Morgan fingerprint density at radius 2 is 1.81 bits per heavy atom. The lowest BCUT2D eigenvalue weighted by atomic mass is 10.2. The summed E-state index contributed by atoms with van der Waals surface area (Å²) in [6, 6.07) is 16.0. The third-order valence-electron chi connectivity index (χ3n) is 3.69. The van der Waals surface area contributed by atoms with Crippen LogP contribution in [0.1, 0.15) is 12.5 Å². The third kappa shape index (κ3) is 6.50. The Bertz CT molecular complexity index is 695. The van der Waals surface area contributed by atoms with Gasteiger partial charge in [-0.25, -0.2) is 0 Å². The third-order valence-corrected chi connectivity index (χ3v) is 5.82. The number of benzene rings is 2. The zero-order chi connectivity index (χ0) is 18.8. The topological polar surface area (TPSA) is 47.6 Å². The van der Waals surface area contributed by atoms with E-state index in [4.69, 9.17) is 9.47 Å². The van der Waals surface area contributed by atoms with Crippen LogP contribution in [0.3, 0.4) is 0 Å². The van der Waals surface area contributed by atoms with E-state index in [1.807, 2.05) is 55.1 Å². The lowest BCUT2D eigenvalue weighted by molar-refractivity contribution is -0.120. The molecule has 0 aliphatic carbocycles. The zero-order valence-electron chi connectivity index (χ0n) is 15.4. The van der Waals surface area contributed by atoms with E-state index < -0.39 is 0 Å². The average Bonchev–Trinajstić information content (AvgIpc) is 2.68. The summed E-state index contributed by atoms with van der Waals surface area (Å²) in [5.41, 5.74) is 1.31. The van der Waals surface area contributed by atoms with Gasteiger partial charge in [0.1, 0.15) is 0 Å². The van der Waals surface area contributed by atoms with E-state index in [0.29, 0.717) is 18.0 Å². The summed E-state index contributed by atoms with van der Waals surface area (Å²) in [5, 5.41) is 2.83. The molecule has 0 heterocycles. The van der Waals surface area contributed by atoms with Crippen molar-refractivity contribution >= 4 is 29.4 Å². The minimum Gasteiger partial charge on any atom is -0.493 e. The predicted octanol–water partition coefficient (Wildman–Crippen LogP) is 4.23. The highest BCUT2D eigenvalue weighted by atomic mass is 32.2. The number of nitrogens with one attached hydrogen (secondary N) is 1. The van der Waals surface area contributed by atoms with Crippen molar-refractivity contribution in [3.63, 3.8) is 0 Å². The molecule has 2 rings (SSSR count). The van der Waals surface area contributed by atoms with Crippen LogP contribution in [0, 0.1) is 0 Å². The van der Waals surface area contributed by atoms with Gasteiger partial charge in [0, 0.05) is 22.9 Å².